The lowest BCUT2D eigenvalue weighted by atomic mass is 10.2. The van der Waals surface area contributed by atoms with Gasteiger partial charge in [-0.2, -0.15) is 0 Å². The number of ether oxygens (including phenoxy) is 3. The lowest BCUT2D eigenvalue weighted by Gasteiger charge is -2.12. The number of rotatable bonds is 7. The molecule has 9 heteroatoms. The summed E-state index contributed by atoms with van der Waals surface area (Å²) < 4.78 is 15.2. The number of anilines is 2. The molecule has 2 aromatic rings. The van der Waals surface area contributed by atoms with E-state index in [0.717, 1.165) is 0 Å². The zero-order valence-corrected chi connectivity index (χ0v) is 16.3. The van der Waals surface area contributed by atoms with Crippen LogP contribution >= 0.6 is 11.6 Å². The predicted molar refractivity (Wildman–Crippen MR) is 104 cm³/mol. The number of halogens is 1. The number of hydrogen-bond acceptors (Lipinski definition) is 6. The maximum Gasteiger partial charge on any atom is 0.338 e. The average Bonchev–Trinajstić information content (AvgIpc) is 2.65. The molecule has 2 amide bonds. The van der Waals surface area contributed by atoms with E-state index in [4.69, 9.17) is 25.8 Å². The van der Waals surface area contributed by atoms with E-state index in [9.17, 15) is 14.4 Å². The monoisotopic (exact) mass is 406 g/mol. The minimum Gasteiger partial charge on any atom is -0.493 e. The quantitative estimate of drug-likeness (QED) is 0.685. The second-order valence-electron chi connectivity index (χ2n) is 5.58. The van der Waals surface area contributed by atoms with Crippen molar-refractivity contribution in [1.82, 2.24) is 0 Å². The van der Waals surface area contributed by atoms with Crippen LogP contribution in [0.3, 0.4) is 0 Å². The smallest absolute Gasteiger partial charge is 0.338 e. The SMILES string of the molecule is COc1cc(C(=O)OCC(=O)Nc2cccc(NC(C)=O)c2)cc(Cl)c1OC. The van der Waals surface area contributed by atoms with Gasteiger partial charge in [0.05, 0.1) is 24.8 Å². The van der Waals surface area contributed by atoms with Gasteiger partial charge in [-0.25, -0.2) is 4.79 Å². The summed E-state index contributed by atoms with van der Waals surface area (Å²) in [6.45, 7) is 0.875. The molecule has 2 N–H and O–H groups in total. The maximum absolute atomic E-state index is 12.2. The molecule has 0 aromatic heterocycles. The van der Waals surface area contributed by atoms with Crippen LogP contribution in [0.2, 0.25) is 5.02 Å². The van der Waals surface area contributed by atoms with Gasteiger partial charge in [0.1, 0.15) is 0 Å². The summed E-state index contributed by atoms with van der Waals surface area (Å²) >= 11 is 6.06. The van der Waals surface area contributed by atoms with Crippen LogP contribution in [0.1, 0.15) is 17.3 Å². The molecule has 8 nitrogen and oxygen atoms in total. The first kappa shape index (κ1) is 21.0. The zero-order valence-electron chi connectivity index (χ0n) is 15.5. The molecule has 0 aliphatic carbocycles. The number of carbonyl (C=O) groups excluding carboxylic acids is 3. The minimum atomic E-state index is -0.745. The molecule has 2 rings (SSSR count). The fourth-order valence-corrected chi connectivity index (χ4v) is 2.61. The van der Waals surface area contributed by atoms with Crippen molar-refractivity contribution in [3.63, 3.8) is 0 Å². The molecule has 0 atom stereocenters. The summed E-state index contributed by atoms with van der Waals surface area (Å²) in [4.78, 5) is 35.3. The Morgan fingerprint density at radius 1 is 1.00 bits per heavy atom. The van der Waals surface area contributed by atoms with Crippen molar-refractivity contribution in [2.45, 2.75) is 6.92 Å². The van der Waals surface area contributed by atoms with E-state index in [0.29, 0.717) is 11.4 Å². The van der Waals surface area contributed by atoms with E-state index in [-0.39, 0.29) is 28.0 Å². The van der Waals surface area contributed by atoms with Gasteiger partial charge in [-0.15, -0.1) is 0 Å². The zero-order chi connectivity index (χ0) is 20.7. The van der Waals surface area contributed by atoms with Crippen LogP contribution in [0, 0.1) is 0 Å². The average molecular weight is 407 g/mol. The summed E-state index contributed by atoms with van der Waals surface area (Å²) in [6.07, 6.45) is 0. The molecule has 0 unspecified atom stereocenters. The molecule has 0 saturated heterocycles. The number of methoxy groups -OCH3 is 2. The minimum absolute atomic E-state index is 0.114. The first-order valence-corrected chi connectivity index (χ1v) is 8.48. The third-order valence-corrected chi connectivity index (χ3v) is 3.75. The topological polar surface area (TPSA) is 103 Å². The first-order valence-electron chi connectivity index (χ1n) is 8.10. The maximum atomic E-state index is 12.2. The number of nitrogens with one attached hydrogen (secondary N) is 2. The van der Waals surface area contributed by atoms with Crippen LogP contribution in [-0.4, -0.2) is 38.6 Å². The molecule has 0 fully saturated rings. The van der Waals surface area contributed by atoms with Crippen molar-refractivity contribution in [3.8, 4) is 11.5 Å². The van der Waals surface area contributed by atoms with Crippen LogP contribution in [0.5, 0.6) is 11.5 Å². The third-order valence-electron chi connectivity index (χ3n) is 3.47. The molecule has 2 aromatic carbocycles. The van der Waals surface area contributed by atoms with E-state index < -0.39 is 18.5 Å². The van der Waals surface area contributed by atoms with E-state index in [1.165, 1.54) is 33.3 Å². The number of hydrogen-bond donors (Lipinski definition) is 2. The van der Waals surface area contributed by atoms with E-state index in [1.54, 1.807) is 24.3 Å². The Hall–Kier alpha value is -3.26. The Kier molecular flexibility index (Phi) is 7.22. The molecule has 28 heavy (non-hydrogen) atoms. The highest BCUT2D eigenvalue weighted by Gasteiger charge is 2.17. The van der Waals surface area contributed by atoms with Gasteiger partial charge < -0.3 is 24.8 Å². The summed E-state index contributed by atoms with van der Waals surface area (Å²) in [6, 6.07) is 9.33. The van der Waals surface area contributed by atoms with Crippen LogP contribution in [0.15, 0.2) is 36.4 Å². The van der Waals surface area contributed by atoms with Gasteiger partial charge >= 0.3 is 5.97 Å². The van der Waals surface area contributed by atoms with Crippen LogP contribution in [-0.2, 0) is 14.3 Å². The molecule has 0 saturated carbocycles. The molecule has 0 aliphatic rings. The second-order valence-corrected chi connectivity index (χ2v) is 5.99. The highest BCUT2D eigenvalue weighted by atomic mass is 35.5. The second kappa shape index (κ2) is 9.61. The van der Waals surface area contributed by atoms with Gasteiger partial charge in [0.2, 0.25) is 5.91 Å². The van der Waals surface area contributed by atoms with Gasteiger partial charge in [0.25, 0.3) is 5.91 Å². The highest BCUT2D eigenvalue weighted by Crippen LogP contribution is 2.36. The Bertz CT molecular complexity index is 900. The number of amides is 2. The molecule has 148 valence electrons. The number of carbonyl (C=O) groups is 3. The molecule has 0 heterocycles. The number of benzene rings is 2. The van der Waals surface area contributed by atoms with Crippen molar-refractivity contribution >= 4 is 40.8 Å². The largest absolute Gasteiger partial charge is 0.493 e. The van der Waals surface area contributed by atoms with Crippen LogP contribution < -0.4 is 20.1 Å². The summed E-state index contributed by atoms with van der Waals surface area (Å²) in [7, 11) is 2.83. The van der Waals surface area contributed by atoms with Gasteiger partial charge in [0, 0.05) is 18.3 Å². The van der Waals surface area contributed by atoms with Gasteiger partial charge in [-0.3, -0.25) is 9.59 Å². The van der Waals surface area contributed by atoms with Gasteiger partial charge in [0.15, 0.2) is 18.1 Å². The normalized spacial score (nSPS) is 10.0. The van der Waals surface area contributed by atoms with Crippen molar-refractivity contribution < 1.29 is 28.6 Å². The van der Waals surface area contributed by atoms with Crippen molar-refractivity contribution in [1.29, 1.82) is 0 Å². The molecule has 0 radical (unpaired) electrons. The van der Waals surface area contributed by atoms with Crippen molar-refractivity contribution in [2.75, 3.05) is 31.5 Å². The van der Waals surface area contributed by atoms with Gasteiger partial charge in [-0.05, 0) is 30.3 Å². The lowest BCUT2D eigenvalue weighted by molar-refractivity contribution is -0.119. The van der Waals surface area contributed by atoms with E-state index in [1.807, 2.05) is 0 Å². The fourth-order valence-electron chi connectivity index (χ4n) is 2.33. The molecule has 0 aliphatic heterocycles. The lowest BCUT2D eigenvalue weighted by Crippen LogP contribution is -2.21. The van der Waals surface area contributed by atoms with Crippen molar-refractivity contribution in [3.05, 3.63) is 47.0 Å². The summed E-state index contributed by atoms with van der Waals surface area (Å²) in [5, 5.41) is 5.36. The first-order chi connectivity index (χ1) is 13.3. The highest BCUT2D eigenvalue weighted by molar-refractivity contribution is 6.32. The predicted octanol–water partition coefficient (Wildman–Crippen LogP) is 3.11. The van der Waals surface area contributed by atoms with Crippen LogP contribution in [0.4, 0.5) is 11.4 Å². The Labute approximate surface area is 166 Å². The Morgan fingerprint density at radius 3 is 2.29 bits per heavy atom. The summed E-state index contributed by atoms with van der Waals surface area (Å²) in [5.74, 6) is -0.963. The van der Waals surface area contributed by atoms with Crippen molar-refractivity contribution in [2.24, 2.45) is 0 Å². The number of esters is 1. The Morgan fingerprint density at radius 2 is 1.68 bits per heavy atom. The fraction of sp³-hybridized carbons (Fsp3) is 0.211. The van der Waals surface area contributed by atoms with E-state index >= 15 is 0 Å². The van der Waals surface area contributed by atoms with Crippen LogP contribution in [0.25, 0.3) is 0 Å². The molecular weight excluding hydrogens is 388 g/mol. The molecular formula is C19H19ClN2O6. The van der Waals surface area contributed by atoms with E-state index in [2.05, 4.69) is 10.6 Å². The summed E-state index contributed by atoms with van der Waals surface area (Å²) in [5.41, 5.74) is 1.09. The standard InChI is InChI=1S/C19H19ClN2O6/c1-11(23)21-13-5-4-6-14(9-13)22-17(24)10-28-19(25)12-7-15(20)18(27-3)16(8-12)26-2/h4-9H,10H2,1-3H3,(H,21,23)(H,22,24). The Balaban J connectivity index is 1.98. The third kappa shape index (κ3) is 5.62. The van der Waals surface area contributed by atoms with Gasteiger partial charge in [-0.1, -0.05) is 17.7 Å². The molecule has 0 spiro atoms. The molecule has 0 bridgehead atoms.